The first-order chi connectivity index (χ1) is 8.20. The lowest BCUT2D eigenvalue weighted by Gasteiger charge is -2.28. The van der Waals surface area contributed by atoms with Gasteiger partial charge >= 0.3 is 6.18 Å². The minimum Gasteiger partial charge on any atom is -0.391 e. The van der Waals surface area contributed by atoms with Crippen molar-refractivity contribution in [2.75, 3.05) is 5.75 Å². The Morgan fingerprint density at radius 2 is 1.83 bits per heavy atom. The molecule has 108 valence electrons. The van der Waals surface area contributed by atoms with Crippen LogP contribution in [0.15, 0.2) is 0 Å². The number of sulfonamides is 1. The number of aliphatic hydroxyl groups excluding tert-OH is 1. The molecule has 0 spiro atoms. The second-order valence-electron chi connectivity index (χ2n) is 4.61. The van der Waals surface area contributed by atoms with Crippen molar-refractivity contribution in [3.05, 3.63) is 0 Å². The average molecular weight is 289 g/mol. The quantitative estimate of drug-likeness (QED) is 0.807. The Hall–Kier alpha value is -0.340. The topological polar surface area (TPSA) is 66.4 Å². The smallest absolute Gasteiger partial charge is 0.389 e. The molecule has 1 saturated carbocycles. The van der Waals surface area contributed by atoms with Crippen LogP contribution in [0.3, 0.4) is 0 Å². The van der Waals surface area contributed by atoms with Gasteiger partial charge in [-0.05, 0) is 19.3 Å². The Kier molecular flexibility index (Phi) is 5.42. The second-order valence-corrected chi connectivity index (χ2v) is 6.49. The van der Waals surface area contributed by atoms with E-state index in [0.29, 0.717) is 12.8 Å². The number of rotatable bonds is 5. The normalized spacial score (nSPS) is 26.2. The van der Waals surface area contributed by atoms with Crippen LogP contribution in [0.25, 0.3) is 0 Å². The molecule has 1 aliphatic carbocycles. The highest BCUT2D eigenvalue weighted by Crippen LogP contribution is 2.22. The first-order valence-corrected chi connectivity index (χ1v) is 7.60. The molecule has 0 heterocycles. The Morgan fingerprint density at radius 3 is 2.39 bits per heavy atom. The van der Waals surface area contributed by atoms with E-state index in [0.717, 1.165) is 12.8 Å². The van der Waals surface area contributed by atoms with Crippen LogP contribution in [0.1, 0.15) is 38.5 Å². The van der Waals surface area contributed by atoms with Crippen molar-refractivity contribution in [2.45, 2.75) is 56.8 Å². The zero-order valence-corrected chi connectivity index (χ0v) is 10.7. The minimum atomic E-state index is -4.33. The highest BCUT2D eigenvalue weighted by molar-refractivity contribution is 7.89. The third-order valence-electron chi connectivity index (χ3n) is 2.93. The Bertz CT molecular complexity index is 356. The summed E-state index contributed by atoms with van der Waals surface area (Å²) >= 11 is 0. The van der Waals surface area contributed by atoms with Crippen LogP contribution < -0.4 is 4.72 Å². The average Bonchev–Trinajstić information content (AvgIpc) is 2.18. The molecule has 0 aromatic carbocycles. The summed E-state index contributed by atoms with van der Waals surface area (Å²) in [4.78, 5) is 0. The van der Waals surface area contributed by atoms with Gasteiger partial charge in [-0.1, -0.05) is 12.8 Å². The van der Waals surface area contributed by atoms with E-state index in [1.807, 2.05) is 0 Å². The highest BCUT2D eigenvalue weighted by atomic mass is 32.2. The van der Waals surface area contributed by atoms with Crippen molar-refractivity contribution >= 4 is 10.0 Å². The van der Waals surface area contributed by atoms with Gasteiger partial charge in [-0.3, -0.25) is 0 Å². The summed E-state index contributed by atoms with van der Waals surface area (Å²) in [5.74, 6) is -0.560. The van der Waals surface area contributed by atoms with Crippen molar-refractivity contribution in [2.24, 2.45) is 0 Å². The lowest BCUT2D eigenvalue weighted by molar-refractivity contribution is -0.134. The maximum atomic E-state index is 11.9. The van der Waals surface area contributed by atoms with Gasteiger partial charge in [-0.25, -0.2) is 13.1 Å². The van der Waals surface area contributed by atoms with E-state index in [-0.39, 0.29) is 0 Å². The third-order valence-corrected chi connectivity index (χ3v) is 4.42. The molecule has 0 aliphatic heterocycles. The summed E-state index contributed by atoms with van der Waals surface area (Å²) in [7, 11) is -3.75. The molecule has 0 radical (unpaired) electrons. The van der Waals surface area contributed by atoms with Crippen LogP contribution in [0, 0.1) is 0 Å². The molecular formula is C10H18F3NO3S. The van der Waals surface area contributed by atoms with Gasteiger partial charge in [0.2, 0.25) is 10.0 Å². The minimum absolute atomic E-state index is 0.457. The van der Waals surface area contributed by atoms with Gasteiger partial charge in [0.25, 0.3) is 0 Å². The lowest BCUT2D eigenvalue weighted by atomic mass is 9.93. The number of halogens is 3. The standard InChI is InChI=1S/C10H18F3NO3S/c11-10(12,13)6-3-7-18(16,17)14-8-4-1-2-5-9(8)15/h8-9,14-15H,1-7H2/t8-,9-/m1/s1. The summed E-state index contributed by atoms with van der Waals surface area (Å²) in [6.07, 6.45) is -3.94. The van der Waals surface area contributed by atoms with Gasteiger partial charge in [-0.15, -0.1) is 0 Å². The fourth-order valence-corrected chi connectivity index (χ4v) is 3.38. The van der Waals surface area contributed by atoms with Crippen molar-refractivity contribution in [1.29, 1.82) is 0 Å². The summed E-state index contributed by atoms with van der Waals surface area (Å²) < 4.78 is 61.1. The SMILES string of the molecule is O=S(=O)(CCCC(F)(F)F)N[C@@H]1CCCC[C@H]1O. The molecule has 1 rings (SSSR count). The Balaban J connectivity index is 2.39. The molecule has 0 aromatic heterocycles. The van der Waals surface area contributed by atoms with E-state index in [1.54, 1.807) is 0 Å². The lowest BCUT2D eigenvalue weighted by Crippen LogP contribution is -2.45. The van der Waals surface area contributed by atoms with Gasteiger partial charge < -0.3 is 5.11 Å². The van der Waals surface area contributed by atoms with Gasteiger partial charge in [0.05, 0.1) is 11.9 Å². The number of hydrogen-bond donors (Lipinski definition) is 2. The van der Waals surface area contributed by atoms with Crippen LogP contribution >= 0.6 is 0 Å². The summed E-state index contributed by atoms with van der Waals surface area (Å²) in [5.41, 5.74) is 0. The van der Waals surface area contributed by atoms with E-state index >= 15 is 0 Å². The summed E-state index contributed by atoms with van der Waals surface area (Å²) in [6.45, 7) is 0. The van der Waals surface area contributed by atoms with Crippen molar-refractivity contribution in [3.63, 3.8) is 0 Å². The van der Waals surface area contributed by atoms with E-state index in [9.17, 15) is 26.7 Å². The molecule has 2 atom stereocenters. The second kappa shape index (κ2) is 6.21. The zero-order valence-electron chi connectivity index (χ0n) is 9.91. The molecule has 2 N–H and O–H groups in total. The molecule has 0 aromatic rings. The predicted molar refractivity (Wildman–Crippen MR) is 60.5 cm³/mol. The fraction of sp³-hybridized carbons (Fsp3) is 1.00. The third kappa shape index (κ3) is 6.01. The van der Waals surface area contributed by atoms with Crippen LogP contribution in [-0.4, -0.2) is 37.6 Å². The maximum absolute atomic E-state index is 11.9. The van der Waals surface area contributed by atoms with Gasteiger partial charge in [0.1, 0.15) is 0 Å². The van der Waals surface area contributed by atoms with Crippen molar-refractivity contribution in [3.8, 4) is 0 Å². The number of alkyl halides is 3. The molecule has 0 saturated heterocycles. The molecule has 0 unspecified atom stereocenters. The first kappa shape index (κ1) is 15.7. The van der Waals surface area contributed by atoms with Gasteiger partial charge in [0.15, 0.2) is 0 Å². The molecule has 18 heavy (non-hydrogen) atoms. The van der Waals surface area contributed by atoms with Crippen molar-refractivity contribution in [1.82, 2.24) is 4.72 Å². The largest absolute Gasteiger partial charge is 0.391 e. The molecule has 8 heteroatoms. The molecule has 0 amide bonds. The van der Waals surface area contributed by atoms with Crippen LogP contribution in [0.4, 0.5) is 13.2 Å². The van der Waals surface area contributed by atoms with E-state index in [2.05, 4.69) is 4.72 Å². The zero-order chi connectivity index (χ0) is 13.8. The van der Waals surface area contributed by atoms with E-state index in [4.69, 9.17) is 0 Å². The van der Waals surface area contributed by atoms with E-state index < -0.39 is 46.9 Å². The van der Waals surface area contributed by atoms with Crippen LogP contribution in [-0.2, 0) is 10.0 Å². The monoisotopic (exact) mass is 289 g/mol. The van der Waals surface area contributed by atoms with Crippen LogP contribution in [0.5, 0.6) is 0 Å². The van der Waals surface area contributed by atoms with Crippen LogP contribution in [0.2, 0.25) is 0 Å². The first-order valence-electron chi connectivity index (χ1n) is 5.94. The Labute approximate surface area is 105 Å². The maximum Gasteiger partial charge on any atom is 0.389 e. The predicted octanol–water partition coefficient (Wildman–Crippen LogP) is 1.55. The molecule has 0 bridgehead atoms. The molecular weight excluding hydrogens is 271 g/mol. The number of hydrogen-bond acceptors (Lipinski definition) is 3. The number of aliphatic hydroxyl groups is 1. The van der Waals surface area contributed by atoms with E-state index in [1.165, 1.54) is 0 Å². The Morgan fingerprint density at radius 1 is 1.22 bits per heavy atom. The van der Waals surface area contributed by atoms with Crippen molar-refractivity contribution < 1.29 is 26.7 Å². The summed E-state index contributed by atoms with van der Waals surface area (Å²) in [5, 5.41) is 9.58. The molecule has 1 fully saturated rings. The van der Waals surface area contributed by atoms with Gasteiger partial charge in [0, 0.05) is 12.5 Å². The highest BCUT2D eigenvalue weighted by Gasteiger charge is 2.30. The van der Waals surface area contributed by atoms with Gasteiger partial charge in [-0.2, -0.15) is 13.2 Å². The number of nitrogens with one attached hydrogen (secondary N) is 1. The molecule has 4 nitrogen and oxygen atoms in total. The fourth-order valence-electron chi connectivity index (χ4n) is 2.00. The summed E-state index contributed by atoms with van der Waals surface area (Å²) in [6, 6.07) is -0.561. The molecule has 1 aliphatic rings.